The van der Waals surface area contributed by atoms with E-state index >= 15 is 0 Å². The number of hydrogen-bond donors (Lipinski definition) is 1. The van der Waals surface area contributed by atoms with Crippen molar-refractivity contribution in [1.29, 1.82) is 0 Å². The van der Waals surface area contributed by atoms with Crippen LogP contribution in [-0.4, -0.2) is 9.78 Å². The van der Waals surface area contributed by atoms with Crippen molar-refractivity contribution in [2.45, 2.75) is 46.6 Å². The Balaban J connectivity index is 2.58. The molecule has 0 fully saturated rings. The number of aromatic nitrogens is 2. The summed E-state index contributed by atoms with van der Waals surface area (Å²) in [6.45, 7) is 8.21. The van der Waals surface area contributed by atoms with Gasteiger partial charge in [-0.3, -0.25) is 9.89 Å². The molecule has 1 heterocycles. The van der Waals surface area contributed by atoms with Crippen molar-refractivity contribution in [3.8, 4) is 11.3 Å². The lowest BCUT2D eigenvalue weighted by atomic mass is 10.0. The standard InChI is InChI=1S/C16H22N2O/c1-5-6-14-15(13-9-7-12(4)8-10-13)17-18(11(2)3)16(14)19/h7-11,17H,5-6H2,1-4H3. The number of aromatic amines is 1. The predicted molar refractivity (Wildman–Crippen MR) is 79.6 cm³/mol. The van der Waals surface area contributed by atoms with Gasteiger partial charge in [0.25, 0.3) is 5.56 Å². The summed E-state index contributed by atoms with van der Waals surface area (Å²) in [6, 6.07) is 8.46. The van der Waals surface area contributed by atoms with Gasteiger partial charge in [-0.05, 0) is 32.8 Å². The van der Waals surface area contributed by atoms with E-state index in [1.807, 2.05) is 13.8 Å². The molecule has 3 nitrogen and oxygen atoms in total. The third-order valence-corrected chi connectivity index (χ3v) is 3.37. The van der Waals surface area contributed by atoms with Gasteiger partial charge in [-0.15, -0.1) is 0 Å². The minimum absolute atomic E-state index is 0.118. The summed E-state index contributed by atoms with van der Waals surface area (Å²) < 4.78 is 1.72. The molecule has 1 aromatic heterocycles. The second kappa shape index (κ2) is 5.47. The lowest BCUT2D eigenvalue weighted by molar-refractivity contribution is 0.517. The summed E-state index contributed by atoms with van der Waals surface area (Å²) in [6.07, 6.45) is 1.79. The summed E-state index contributed by atoms with van der Waals surface area (Å²) in [4.78, 5) is 12.4. The van der Waals surface area contributed by atoms with Crippen molar-refractivity contribution in [3.05, 3.63) is 45.7 Å². The van der Waals surface area contributed by atoms with Crippen LogP contribution in [-0.2, 0) is 6.42 Å². The zero-order valence-corrected chi connectivity index (χ0v) is 12.2. The minimum Gasteiger partial charge on any atom is -0.294 e. The van der Waals surface area contributed by atoms with Crippen molar-refractivity contribution in [1.82, 2.24) is 9.78 Å². The van der Waals surface area contributed by atoms with Gasteiger partial charge in [-0.2, -0.15) is 0 Å². The first-order valence-electron chi connectivity index (χ1n) is 6.95. The third-order valence-electron chi connectivity index (χ3n) is 3.37. The van der Waals surface area contributed by atoms with Gasteiger partial charge in [0.2, 0.25) is 0 Å². The summed E-state index contributed by atoms with van der Waals surface area (Å²) in [5.41, 5.74) is 4.31. The fraction of sp³-hybridized carbons (Fsp3) is 0.438. The quantitative estimate of drug-likeness (QED) is 0.892. The van der Waals surface area contributed by atoms with Crippen LogP contribution in [0, 0.1) is 6.92 Å². The van der Waals surface area contributed by atoms with Crippen LogP contribution < -0.4 is 5.56 Å². The minimum atomic E-state index is 0.118. The van der Waals surface area contributed by atoms with E-state index < -0.39 is 0 Å². The Bertz CT molecular complexity index is 603. The second-order valence-electron chi connectivity index (χ2n) is 5.35. The van der Waals surface area contributed by atoms with Gasteiger partial charge in [0, 0.05) is 11.6 Å². The van der Waals surface area contributed by atoms with Gasteiger partial charge in [0.05, 0.1) is 5.69 Å². The van der Waals surface area contributed by atoms with Crippen molar-refractivity contribution in [2.24, 2.45) is 0 Å². The van der Waals surface area contributed by atoms with Crippen molar-refractivity contribution in [3.63, 3.8) is 0 Å². The molecule has 19 heavy (non-hydrogen) atoms. The zero-order chi connectivity index (χ0) is 14.0. The number of rotatable bonds is 4. The zero-order valence-electron chi connectivity index (χ0n) is 12.2. The van der Waals surface area contributed by atoms with E-state index in [0.717, 1.165) is 29.7 Å². The molecular formula is C16H22N2O. The van der Waals surface area contributed by atoms with Crippen LogP contribution in [0.2, 0.25) is 0 Å². The molecule has 0 aliphatic carbocycles. The SMILES string of the molecule is CCCc1c(-c2ccc(C)cc2)[nH]n(C(C)C)c1=O. The molecule has 0 saturated heterocycles. The fourth-order valence-corrected chi connectivity index (χ4v) is 2.30. The lowest BCUT2D eigenvalue weighted by Gasteiger charge is -2.05. The summed E-state index contributed by atoms with van der Waals surface area (Å²) in [5.74, 6) is 0. The maximum Gasteiger partial charge on any atom is 0.270 e. The van der Waals surface area contributed by atoms with Crippen LogP contribution in [0.3, 0.4) is 0 Å². The molecule has 2 rings (SSSR count). The van der Waals surface area contributed by atoms with Gasteiger partial charge in [0.15, 0.2) is 0 Å². The first-order chi connectivity index (χ1) is 9.04. The summed E-state index contributed by atoms with van der Waals surface area (Å²) in [5, 5.41) is 3.27. The Morgan fingerprint density at radius 2 is 1.84 bits per heavy atom. The van der Waals surface area contributed by atoms with Gasteiger partial charge >= 0.3 is 0 Å². The normalized spacial score (nSPS) is 11.2. The van der Waals surface area contributed by atoms with Crippen LogP contribution in [0.15, 0.2) is 29.1 Å². The highest BCUT2D eigenvalue weighted by Crippen LogP contribution is 2.22. The third kappa shape index (κ3) is 2.65. The molecule has 0 aliphatic rings. The first kappa shape index (κ1) is 13.7. The van der Waals surface area contributed by atoms with Crippen molar-refractivity contribution < 1.29 is 0 Å². The average molecular weight is 258 g/mol. The number of aryl methyl sites for hydroxylation is 1. The number of H-pyrrole nitrogens is 1. The number of benzene rings is 1. The molecule has 0 bridgehead atoms. The molecule has 102 valence electrons. The van der Waals surface area contributed by atoms with E-state index in [1.54, 1.807) is 4.68 Å². The molecule has 0 atom stereocenters. The number of hydrogen-bond acceptors (Lipinski definition) is 1. The second-order valence-corrected chi connectivity index (χ2v) is 5.35. The Morgan fingerprint density at radius 3 is 2.37 bits per heavy atom. The fourth-order valence-electron chi connectivity index (χ4n) is 2.30. The topological polar surface area (TPSA) is 37.8 Å². The molecular weight excluding hydrogens is 236 g/mol. The molecule has 0 saturated carbocycles. The highest BCUT2D eigenvalue weighted by atomic mass is 16.1. The smallest absolute Gasteiger partial charge is 0.270 e. The van der Waals surface area contributed by atoms with Crippen LogP contribution in [0.1, 0.15) is 44.4 Å². The van der Waals surface area contributed by atoms with Crippen molar-refractivity contribution in [2.75, 3.05) is 0 Å². The Morgan fingerprint density at radius 1 is 1.21 bits per heavy atom. The number of nitrogens with one attached hydrogen (secondary N) is 1. The molecule has 0 amide bonds. The van der Waals surface area contributed by atoms with Gasteiger partial charge < -0.3 is 0 Å². The summed E-state index contributed by atoms with van der Waals surface area (Å²) >= 11 is 0. The lowest BCUT2D eigenvalue weighted by Crippen LogP contribution is -2.20. The van der Waals surface area contributed by atoms with Gasteiger partial charge in [-0.1, -0.05) is 43.2 Å². The Kier molecular flexibility index (Phi) is 3.93. The number of nitrogens with zero attached hydrogens (tertiary/aromatic N) is 1. The Hall–Kier alpha value is -1.77. The van der Waals surface area contributed by atoms with Crippen molar-refractivity contribution >= 4 is 0 Å². The van der Waals surface area contributed by atoms with E-state index in [-0.39, 0.29) is 11.6 Å². The van der Waals surface area contributed by atoms with E-state index in [0.29, 0.717) is 0 Å². The maximum absolute atomic E-state index is 12.4. The molecule has 1 N–H and O–H groups in total. The van der Waals surface area contributed by atoms with E-state index in [1.165, 1.54) is 5.56 Å². The molecule has 0 spiro atoms. The molecule has 1 aromatic carbocycles. The van der Waals surface area contributed by atoms with Crippen LogP contribution in [0.4, 0.5) is 0 Å². The van der Waals surface area contributed by atoms with Crippen LogP contribution in [0.5, 0.6) is 0 Å². The molecule has 0 unspecified atom stereocenters. The molecule has 0 radical (unpaired) electrons. The van der Waals surface area contributed by atoms with E-state index in [2.05, 4.69) is 43.2 Å². The molecule has 3 heteroatoms. The highest BCUT2D eigenvalue weighted by molar-refractivity contribution is 5.63. The highest BCUT2D eigenvalue weighted by Gasteiger charge is 2.16. The van der Waals surface area contributed by atoms with Crippen LogP contribution >= 0.6 is 0 Å². The Labute approximate surface area is 114 Å². The average Bonchev–Trinajstić information content (AvgIpc) is 2.69. The largest absolute Gasteiger partial charge is 0.294 e. The predicted octanol–water partition coefficient (Wildman–Crippen LogP) is 3.69. The van der Waals surface area contributed by atoms with Crippen LogP contribution in [0.25, 0.3) is 11.3 Å². The van der Waals surface area contributed by atoms with Gasteiger partial charge in [0.1, 0.15) is 0 Å². The maximum atomic E-state index is 12.4. The van der Waals surface area contributed by atoms with E-state index in [9.17, 15) is 4.79 Å². The summed E-state index contributed by atoms with van der Waals surface area (Å²) in [7, 11) is 0. The molecule has 2 aromatic rings. The van der Waals surface area contributed by atoms with E-state index in [4.69, 9.17) is 0 Å². The van der Waals surface area contributed by atoms with Gasteiger partial charge in [-0.25, -0.2) is 4.68 Å². The molecule has 0 aliphatic heterocycles. The monoisotopic (exact) mass is 258 g/mol. The first-order valence-corrected chi connectivity index (χ1v) is 6.95.